The van der Waals surface area contributed by atoms with Gasteiger partial charge in [0.15, 0.2) is 0 Å². The van der Waals surface area contributed by atoms with Crippen LogP contribution in [0.1, 0.15) is 26.2 Å². The SMILES string of the molecule is CCC(CNC)C(=O)NC1CCOCC1. The Morgan fingerprint density at radius 3 is 2.67 bits per heavy atom. The molecule has 0 saturated carbocycles. The number of hydrogen-bond donors (Lipinski definition) is 2. The molecule has 1 fully saturated rings. The first-order valence-corrected chi connectivity index (χ1v) is 5.80. The first-order valence-electron chi connectivity index (χ1n) is 5.80. The largest absolute Gasteiger partial charge is 0.381 e. The molecule has 15 heavy (non-hydrogen) atoms. The topological polar surface area (TPSA) is 50.4 Å². The van der Waals surface area contributed by atoms with Crippen molar-refractivity contribution < 1.29 is 9.53 Å². The molecule has 4 heteroatoms. The summed E-state index contributed by atoms with van der Waals surface area (Å²) in [5, 5.41) is 6.15. The lowest BCUT2D eigenvalue weighted by atomic mass is 10.0. The number of carbonyl (C=O) groups excluding carboxylic acids is 1. The molecule has 0 aromatic carbocycles. The van der Waals surface area contributed by atoms with Crippen LogP contribution in [0.3, 0.4) is 0 Å². The lowest BCUT2D eigenvalue weighted by Gasteiger charge is -2.25. The Morgan fingerprint density at radius 2 is 2.13 bits per heavy atom. The number of carbonyl (C=O) groups is 1. The van der Waals surface area contributed by atoms with Gasteiger partial charge < -0.3 is 15.4 Å². The van der Waals surface area contributed by atoms with Gasteiger partial charge in [-0.25, -0.2) is 0 Å². The van der Waals surface area contributed by atoms with Crippen molar-refractivity contribution in [1.29, 1.82) is 0 Å². The summed E-state index contributed by atoms with van der Waals surface area (Å²) in [6, 6.07) is 0.317. The second-order valence-corrected chi connectivity index (χ2v) is 4.06. The molecule has 1 saturated heterocycles. The number of rotatable bonds is 5. The molecule has 1 aliphatic heterocycles. The van der Waals surface area contributed by atoms with Gasteiger partial charge in [-0.05, 0) is 26.3 Å². The Morgan fingerprint density at radius 1 is 1.47 bits per heavy atom. The van der Waals surface area contributed by atoms with Crippen molar-refractivity contribution in [1.82, 2.24) is 10.6 Å². The maximum Gasteiger partial charge on any atom is 0.224 e. The van der Waals surface area contributed by atoms with Gasteiger partial charge in [-0.15, -0.1) is 0 Å². The minimum Gasteiger partial charge on any atom is -0.381 e. The smallest absolute Gasteiger partial charge is 0.224 e. The fourth-order valence-electron chi connectivity index (χ4n) is 1.83. The molecule has 0 bridgehead atoms. The fourth-order valence-corrected chi connectivity index (χ4v) is 1.83. The Balaban J connectivity index is 2.31. The number of hydrogen-bond acceptors (Lipinski definition) is 3. The average molecular weight is 214 g/mol. The van der Waals surface area contributed by atoms with Crippen molar-refractivity contribution >= 4 is 5.91 Å². The van der Waals surface area contributed by atoms with Crippen LogP contribution in [0.4, 0.5) is 0 Å². The van der Waals surface area contributed by atoms with Crippen molar-refractivity contribution in [2.45, 2.75) is 32.2 Å². The van der Waals surface area contributed by atoms with Gasteiger partial charge in [0.05, 0.1) is 5.92 Å². The molecule has 88 valence electrons. The Labute approximate surface area is 91.8 Å². The van der Waals surface area contributed by atoms with Gasteiger partial charge in [0.2, 0.25) is 5.91 Å². The molecule has 4 nitrogen and oxygen atoms in total. The first kappa shape index (κ1) is 12.5. The van der Waals surface area contributed by atoms with Gasteiger partial charge in [-0.2, -0.15) is 0 Å². The normalized spacial score (nSPS) is 19.9. The molecule has 0 radical (unpaired) electrons. The van der Waals surface area contributed by atoms with Gasteiger partial charge in [-0.3, -0.25) is 4.79 Å². The van der Waals surface area contributed by atoms with Crippen LogP contribution in [0, 0.1) is 5.92 Å². The van der Waals surface area contributed by atoms with E-state index in [1.165, 1.54) is 0 Å². The summed E-state index contributed by atoms with van der Waals surface area (Å²) in [4.78, 5) is 11.8. The van der Waals surface area contributed by atoms with Gasteiger partial charge in [-0.1, -0.05) is 6.92 Å². The van der Waals surface area contributed by atoms with Crippen LogP contribution >= 0.6 is 0 Å². The van der Waals surface area contributed by atoms with E-state index in [9.17, 15) is 4.79 Å². The second-order valence-electron chi connectivity index (χ2n) is 4.06. The van der Waals surface area contributed by atoms with E-state index in [0.717, 1.165) is 39.0 Å². The lowest BCUT2D eigenvalue weighted by molar-refractivity contribution is -0.126. The summed E-state index contributed by atoms with van der Waals surface area (Å²) in [6.07, 6.45) is 2.78. The molecule has 0 aliphatic carbocycles. The third-order valence-electron chi connectivity index (χ3n) is 2.88. The van der Waals surface area contributed by atoms with Crippen LogP contribution in [-0.2, 0) is 9.53 Å². The van der Waals surface area contributed by atoms with Gasteiger partial charge >= 0.3 is 0 Å². The van der Waals surface area contributed by atoms with Gasteiger partial charge in [0.25, 0.3) is 0 Å². The van der Waals surface area contributed by atoms with Crippen LogP contribution < -0.4 is 10.6 Å². The highest BCUT2D eigenvalue weighted by Gasteiger charge is 2.20. The molecular formula is C11H22N2O2. The molecule has 0 aromatic heterocycles. The quantitative estimate of drug-likeness (QED) is 0.702. The van der Waals surface area contributed by atoms with E-state index in [2.05, 4.69) is 10.6 Å². The molecular weight excluding hydrogens is 192 g/mol. The van der Waals surface area contributed by atoms with E-state index in [-0.39, 0.29) is 11.8 Å². The van der Waals surface area contributed by atoms with E-state index in [4.69, 9.17) is 4.74 Å². The van der Waals surface area contributed by atoms with Gasteiger partial charge in [0, 0.05) is 25.8 Å². The maximum absolute atomic E-state index is 11.8. The number of amides is 1. The molecule has 1 rings (SSSR count). The zero-order chi connectivity index (χ0) is 11.1. The van der Waals surface area contributed by atoms with Crippen molar-refractivity contribution in [3.63, 3.8) is 0 Å². The predicted octanol–water partition coefficient (Wildman–Crippen LogP) is 0.527. The minimum absolute atomic E-state index is 0.0952. The molecule has 2 N–H and O–H groups in total. The van der Waals surface area contributed by atoms with Crippen LogP contribution in [0.15, 0.2) is 0 Å². The summed E-state index contributed by atoms with van der Waals surface area (Å²) in [5.41, 5.74) is 0. The zero-order valence-corrected chi connectivity index (χ0v) is 9.71. The van der Waals surface area contributed by atoms with Crippen LogP contribution in [-0.4, -0.2) is 38.8 Å². The summed E-state index contributed by atoms with van der Waals surface area (Å²) < 4.78 is 5.25. The summed E-state index contributed by atoms with van der Waals surface area (Å²) in [6.45, 7) is 4.35. The Hall–Kier alpha value is -0.610. The number of ether oxygens (including phenoxy) is 1. The van der Waals surface area contributed by atoms with Crippen LogP contribution in [0.5, 0.6) is 0 Å². The van der Waals surface area contributed by atoms with Crippen LogP contribution in [0.25, 0.3) is 0 Å². The molecule has 0 spiro atoms. The maximum atomic E-state index is 11.8. The lowest BCUT2D eigenvalue weighted by Crippen LogP contribution is -2.43. The molecule has 1 heterocycles. The highest BCUT2D eigenvalue weighted by atomic mass is 16.5. The first-order chi connectivity index (χ1) is 7.27. The zero-order valence-electron chi connectivity index (χ0n) is 9.71. The van der Waals surface area contributed by atoms with Crippen LogP contribution in [0.2, 0.25) is 0 Å². The third kappa shape index (κ3) is 4.18. The Kier molecular flexibility index (Phi) is 5.65. The highest BCUT2D eigenvalue weighted by molar-refractivity contribution is 5.79. The summed E-state index contributed by atoms with van der Waals surface area (Å²) >= 11 is 0. The molecule has 1 amide bonds. The predicted molar refractivity (Wildman–Crippen MR) is 59.7 cm³/mol. The standard InChI is InChI=1S/C11H22N2O2/c1-3-9(8-12-2)11(14)13-10-4-6-15-7-5-10/h9-10,12H,3-8H2,1-2H3,(H,13,14). The fraction of sp³-hybridized carbons (Fsp3) is 0.909. The Bertz CT molecular complexity index is 191. The molecule has 0 aromatic rings. The highest BCUT2D eigenvalue weighted by Crippen LogP contribution is 2.08. The molecule has 1 unspecified atom stereocenters. The number of nitrogens with one attached hydrogen (secondary N) is 2. The molecule has 1 atom stereocenters. The van der Waals surface area contributed by atoms with Crippen molar-refractivity contribution in [2.75, 3.05) is 26.8 Å². The second kappa shape index (κ2) is 6.80. The summed E-state index contributed by atoms with van der Waals surface area (Å²) in [5.74, 6) is 0.275. The van der Waals surface area contributed by atoms with Gasteiger partial charge in [0.1, 0.15) is 0 Å². The van der Waals surface area contributed by atoms with E-state index >= 15 is 0 Å². The minimum atomic E-state index is 0.0952. The average Bonchev–Trinajstić information content (AvgIpc) is 2.27. The van der Waals surface area contributed by atoms with E-state index in [0.29, 0.717) is 6.04 Å². The third-order valence-corrected chi connectivity index (χ3v) is 2.88. The van der Waals surface area contributed by atoms with E-state index in [1.54, 1.807) is 0 Å². The van der Waals surface area contributed by atoms with Crippen molar-refractivity contribution in [3.05, 3.63) is 0 Å². The van der Waals surface area contributed by atoms with Crippen molar-refractivity contribution in [2.24, 2.45) is 5.92 Å². The van der Waals surface area contributed by atoms with E-state index < -0.39 is 0 Å². The van der Waals surface area contributed by atoms with E-state index in [1.807, 2.05) is 14.0 Å². The molecule has 1 aliphatic rings. The monoisotopic (exact) mass is 214 g/mol. The van der Waals surface area contributed by atoms with Crippen molar-refractivity contribution in [3.8, 4) is 0 Å². The summed E-state index contributed by atoms with van der Waals surface area (Å²) in [7, 11) is 1.88.